The summed E-state index contributed by atoms with van der Waals surface area (Å²) in [5, 5.41) is 21.3. The number of hydrogen-bond acceptors (Lipinski definition) is 5. The average Bonchev–Trinajstić information content (AvgIpc) is 2.55. The molecular formula is C17H19BrN2O4. The summed E-state index contributed by atoms with van der Waals surface area (Å²) < 4.78 is 5.55. The van der Waals surface area contributed by atoms with E-state index in [0.717, 1.165) is 17.7 Å². The van der Waals surface area contributed by atoms with Crippen molar-refractivity contribution in [3.05, 3.63) is 64.2 Å². The van der Waals surface area contributed by atoms with Crippen LogP contribution in [0.15, 0.2) is 48.5 Å². The van der Waals surface area contributed by atoms with E-state index in [-0.39, 0.29) is 22.7 Å². The Labute approximate surface area is 150 Å². The first-order valence-corrected chi connectivity index (χ1v) is 7.38. The Kier molecular flexibility index (Phi) is 5.71. The van der Waals surface area contributed by atoms with E-state index in [1.807, 2.05) is 36.2 Å². The minimum absolute atomic E-state index is 0. The van der Waals surface area contributed by atoms with E-state index in [1.54, 1.807) is 12.1 Å². The van der Waals surface area contributed by atoms with Gasteiger partial charge in [-0.2, -0.15) is 0 Å². The highest BCUT2D eigenvalue weighted by atomic mass is 79.9. The Hall–Kier alpha value is -1.80. The average molecular weight is 395 g/mol. The maximum Gasteiger partial charge on any atom is 0.269 e. The number of β-amino-alcohol motifs (C(OH)–C–C–N with tert-alkyl or cyclic N) is 1. The molecule has 1 fully saturated rings. The lowest BCUT2D eigenvalue weighted by Crippen LogP contribution is -2.48. The first-order chi connectivity index (χ1) is 11.0. The van der Waals surface area contributed by atoms with Crippen molar-refractivity contribution in [1.82, 2.24) is 4.90 Å². The Bertz CT molecular complexity index is 706. The second-order valence-corrected chi connectivity index (χ2v) is 5.75. The van der Waals surface area contributed by atoms with E-state index in [2.05, 4.69) is 0 Å². The van der Waals surface area contributed by atoms with Crippen molar-refractivity contribution in [3.63, 3.8) is 0 Å². The first kappa shape index (κ1) is 18.5. The van der Waals surface area contributed by atoms with Crippen LogP contribution in [0.25, 0.3) is 11.1 Å². The molecule has 0 spiro atoms. The van der Waals surface area contributed by atoms with Gasteiger partial charge in [-0.05, 0) is 30.3 Å². The highest BCUT2D eigenvalue weighted by Crippen LogP contribution is 2.29. The Morgan fingerprint density at radius 1 is 1.12 bits per heavy atom. The lowest BCUT2D eigenvalue weighted by Gasteiger charge is -2.37. The molecule has 1 heterocycles. The van der Waals surface area contributed by atoms with Crippen LogP contribution in [0.2, 0.25) is 0 Å². The molecule has 0 aliphatic carbocycles. The lowest BCUT2D eigenvalue weighted by atomic mass is 9.99. The molecule has 0 radical (unpaired) electrons. The topological polar surface area (TPSA) is 75.8 Å². The van der Waals surface area contributed by atoms with Gasteiger partial charge in [-0.1, -0.05) is 24.3 Å². The molecule has 128 valence electrons. The van der Waals surface area contributed by atoms with Gasteiger partial charge in [-0.25, -0.2) is 0 Å². The number of nitrogens with zero attached hydrogens (tertiary/aromatic N) is 2. The maximum absolute atomic E-state index is 10.7. The van der Waals surface area contributed by atoms with Crippen LogP contribution in [0.4, 0.5) is 5.69 Å². The normalized spacial score (nSPS) is 21.1. The molecule has 1 aliphatic rings. The van der Waals surface area contributed by atoms with Crippen LogP contribution in [-0.2, 0) is 10.5 Å². The van der Waals surface area contributed by atoms with Crippen molar-refractivity contribution >= 4 is 22.7 Å². The number of nitro groups is 1. The molecule has 7 heteroatoms. The van der Waals surface area contributed by atoms with Crippen LogP contribution in [0.5, 0.6) is 0 Å². The fourth-order valence-electron chi connectivity index (χ4n) is 2.73. The van der Waals surface area contributed by atoms with Gasteiger partial charge < -0.3 is 9.84 Å². The van der Waals surface area contributed by atoms with Crippen molar-refractivity contribution in [2.75, 3.05) is 26.7 Å². The molecule has 0 bridgehead atoms. The van der Waals surface area contributed by atoms with Gasteiger partial charge in [0.2, 0.25) is 5.79 Å². The van der Waals surface area contributed by atoms with Gasteiger partial charge in [-0.15, -0.1) is 17.0 Å². The highest BCUT2D eigenvalue weighted by molar-refractivity contribution is 8.93. The molecule has 1 N–H and O–H groups in total. The second kappa shape index (κ2) is 7.40. The molecule has 0 aromatic heterocycles. The van der Waals surface area contributed by atoms with Crippen molar-refractivity contribution in [2.45, 2.75) is 5.79 Å². The summed E-state index contributed by atoms with van der Waals surface area (Å²) in [5.74, 6) is -1.29. The molecule has 2 aromatic carbocycles. The van der Waals surface area contributed by atoms with Gasteiger partial charge in [0.25, 0.3) is 5.69 Å². The van der Waals surface area contributed by atoms with Crippen LogP contribution < -0.4 is 0 Å². The van der Waals surface area contributed by atoms with Crippen LogP contribution >= 0.6 is 17.0 Å². The number of aliphatic hydroxyl groups is 1. The highest BCUT2D eigenvalue weighted by Gasteiger charge is 2.34. The Morgan fingerprint density at radius 2 is 1.67 bits per heavy atom. The number of likely N-dealkylation sites (N-methyl/N-ethyl adjacent to an activating group) is 1. The van der Waals surface area contributed by atoms with Gasteiger partial charge in [-0.3, -0.25) is 15.0 Å². The summed E-state index contributed by atoms with van der Waals surface area (Å²) in [6, 6.07) is 13.8. The fraction of sp³-hybridized carbons (Fsp3) is 0.294. The van der Waals surface area contributed by atoms with Crippen molar-refractivity contribution in [1.29, 1.82) is 0 Å². The molecule has 3 rings (SSSR count). The number of ether oxygens (including phenoxy) is 1. The third kappa shape index (κ3) is 3.81. The number of hydrogen-bond donors (Lipinski definition) is 1. The third-order valence-corrected chi connectivity index (χ3v) is 4.05. The van der Waals surface area contributed by atoms with Gasteiger partial charge in [0, 0.05) is 24.2 Å². The van der Waals surface area contributed by atoms with E-state index in [0.29, 0.717) is 18.7 Å². The predicted molar refractivity (Wildman–Crippen MR) is 96.2 cm³/mol. The summed E-state index contributed by atoms with van der Waals surface area (Å²) >= 11 is 0. The van der Waals surface area contributed by atoms with E-state index in [9.17, 15) is 15.2 Å². The van der Waals surface area contributed by atoms with Crippen LogP contribution in [0.3, 0.4) is 0 Å². The SMILES string of the molecule is Br.CN1CCOC(O)(c2ccc(-c3ccc([N+](=O)[O-])cc3)cc2)C1. The molecule has 1 unspecified atom stereocenters. The second-order valence-electron chi connectivity index (χ2n) is 5.75. The van der Waals surface area contributed by atoms with Crippen LogP contribution in [-0.4, -0.2) is 41.7 Å². The molecule has 2 aromatic rings. The number of nitro benzene ring substituents is 1. The first-order valence-electron chi connectivity index (χ1n) is 7.38. The number of rotatable bonds is 3. The van der Waals surface area contributed by atoms with E-state index < -0.39 is 10.7 Å². The molecule has 1 saturated heterocycles. The molecule has 6 nitrogen and oxygen atoms in total. The lowest BCUT2D eigenvalue weighted by molar-refractivity contribution is -0.384. The summed E-state index contributed by atoms with van der Waals surface area (Å²) in [6.07, 6.45) is 0. The molecule has 24 heavy (non-hydrogen) atoms. The van der Waals surface area contributed by atoms with Crippen molar-refractivity contribution < 1.29 is 14.8 Å². The molecular weight excluding hydrogens is 376 g/mol. The van der Waals surface area contributed by atoms with Gasteiger partial charge in [0.15, 0.2) is 0 Å². The molecule has 0 saturated carbocycles. The molecule has 1 aliphatic heterocycles. The monoisotopic (exact) mass is 394 g/mol. The quantitative estimate of drug-likeness (QED) is 0.639. The summed E-state index contributed by atoms with van der Waals surface area (Å²) in [7, 11) is 1.94. The fourth-order valence-corrected chi connectivity index (χ4v) is 2.73. The van der Waals surface area contributed by atoms with Crippen molar-refractivity contribution in [2.24, 2.45) is 0 Å². The van der Waals surface area contributed by atoms with Gasteiger partial charge >= 0.3 is 0 Å². The van der Waals surface area contributed by atoms with Gasteiger partial charge in [0.1, 0.15) is 0 Å². The molecule has 0 amide bonds. The zero-order valence-corrected chi connectivity index (χ0v) is 14.9. The minimum Gasteiger partial charge on any atom is -0.361 e. The maximum atomic E-state index is 10.7. The minimum atomic E-state index is -1.29. The van der Waals surface area contributed by atoms with Gasteiger partial charge in [0.05, 0.1) is 18.1 Å². The number of benzene rings is 2. The zero-order chi connectivity index (χ0) is 16.4. The summed E-state index contributed by atoms with van der Waals surface area (Å²) in [4.78, 5) is 12.3. The number of non-ortho nitro benzene ring substituents is 1. The predicted octanol–water partition coefficient (Wildman–Crippen LogP) is 2.95. The van der Waals surface area contributed by atoms with Crippen LogP contribution in [0.1, 0.15) is 5.56 Å². The molecule has 1 atom stereocenters. The standard InChI is InChI=1S/C17H18N2O4.BrH/c1-18-10-11-23-17(20,12-18)15-6-2-13(3-7-15)14-4-8-16(9-5-14)19(21)22;/h2-9,20H,10-12H2,1H3;1H. The zero-order valence-electron chi connectivity index (χ0n) is 13.2. The number of halogens is 1. The number of morpholine rings is 1. The smallest absolute Gasteiger partial charge is 0.269 e. The van der Waals surface area contributed by atoms with Crippen molar-refractivity contribution in [3.8, 4) is 11.1 Å². The van der Waals surface area contributed by atoms with E-state index in [4.69, 9.17) is 4.74 Å². The van der Waals surface area contributed by atoms with E-state index in [1.165, 1.54) is 12.1 Å². The summed E-state index contributed by atoms with van der Waals surface area (Å²) in [5.41, 5.74) is 2.58. The summed E-state index contributed by atoms with van der Waals surface area (Å²) in [6.45, 7) is 1.70. The van der Waals surface area contributed by atoms with Crippen LogP contribution in [0, 0.1) is 10.1 Å². The Balaban J connectivity index is 0.00000208. The van der Waals surface area contributed by atoms with E-state index >= 15 is 0 Å². The largest absolute Gasteiger partial charge is 0.361 e. The Morgan fingerprint density at radius 3 is 2.17 bits per heavy atom. The third-order valence-electron chi connectivity index (χ3n) is 4.05.